The van der Waals surface area contributed by atoms with Crippen LogP contribution >= 0.6 is 15.9 Å². The summed E-state index contributed by atoms with van der Waals surface area (Å²) in [5, 5.41) is 0. The molecule has 0 aliphatic heterocycles. The van der Waals surface area contributed by atoms with E-state index >= 15 is 0 Å². The Hall–Kier alpha value is -1.62. The molecule has 3 nitrogen and oxygen atoms in total. The molecule has 2 aromatic rings. The second kappa shape index (κ2) is 4.94. The molecule has 1 aromatic carbocycles. The number of hydrogen-bond donors (Lipinski definition) is 1. The van der Waals surface area contributed by atoms with Crippen LogP contribution in [0.4, 0.5) is 4.39 Å². The van der Waals surface area contributed by atoms with Gasteiger partial charge in [0.15, 0.2) is 0 Å². The van der Waals surface area contributed by atoms with E-state index in [2.05, 4.69) is 20.9 Å². The lowest BCUT2D eigenvalue weighted by Gasteiger charge is -2.12. The smallest absolute Gasteiger partial charge is 0.292 e. The average molecular weight is 312 g/mol. The van der Waals surface area contributed by atoms with E-state index in [0.717, 1.165) is 0 Å². The van der Waals surface area contributed by atoms with Crippen molar-refractivity contribution in [3.05, 3.63) is 56.2 Å². The lowest BCUT2D eigenvalue weighted by atomic mass is 10.1. The largest absolute Gasteiger partial charge is 0.450 e. The molecule has 1 N–H and O–H groups in total. The predicted molar refractivity (Wildman–Crippen MR) is 70.7 cm³/mol. The Balaban J connectivity index is 2.50. The molecule has 0 radical (unpaired) electrons. The summed E-state index contributed by atoms with van der Waals surface area (Å²) in [4.78, 5) is 14.2. The van der Waals surface area contributed by atoms with Crippen molar-refractivity contribution < 1.29 is 9.13 Å². The number of H-pyrrole nitrogens is 1. The summed E-state index contributed by atoms with van der Waals surface area (Å²) >= 11 is 3.25. The summed E-state index contributed by atoms with van der Waals surface area (Å²) in [5.74, 6) is 0.336. The van der Waals surface area contributed by atoms with E-state index in [1.54, 1.807) is 19.9 Å². The highest BCUT2D eigenvalue weighted by atomic mass is 79.9. The predicted octanol–water partition coefficient (Wildman–Crippen LogP) is 3.69. The minimum Gasteiger partial charge on any atom is -0.450 e. The second-order valence-electron chi connectivity index (χ2n) is 3.95. The zero-order valence-electron chi connectivity index (χ0n) is 9.88. The lowest BCUT2D eigenvalue weighted by Crippen LogP contribution is -2.09. The molecule has 0 fully saturated rings. The summed E-state index contributed by atoms with van der Waals surface area (Å²) in [6, 6.07) is 4.41. The minimum atomic E-state index is -0.340. The molecule has 5 heteroatoms. The molecule has 0 spiro atoms. The number of aromatic amines is 1. The normalized spacial score (nSPS) is 10.4. The molecular formula is C13H11BrFNO2. The number of aryl methyl sites for hydroxylation is 2. The number of halogens is 2. The van der Waals surface area contributed by atoms with E-state index in [1.807, 2.05) is 0 Å². The zero-order chi connectivity index (χ0) is 13.3. The van der Waals surface area contributed by atoms with E-state index < -0.39 is 0 Å². The lowest BCUT2D eigenvalue weighted by molar-refractivity contribution is 0.462. The van der Waals surface area contributed by atoms with Crippen LogP contribution in [0.3, 0.4) is 0 Å². The molecule has 0 saturated carbocycles. The van der Waals surface area contributed by atoms with Gasteiger partial charge in [0.25, 0.3) is 5.56 Å². The molecule has 0 amide bonds. The van der Waals surface area contributed by atoms with Gasteiger partial charge in [-0.3, -0.25) is 4.79 Å². The molecule has 0 aliphatic carbocycles. The first kappa shape index (κ1) is 12.8. The summed E-state index contributed by atoms with van der Waals surface area (Å²) in [7, 11) is 0. The second-order valence-corrected chi connectivity index (χ2v) is 4.81. The third-order valence-corrected chi connectivity index (χ3v) is 3.12. The molecule has 1 aromatic heterocycles. The van der Waals surface area contributed by atoms with Crippen LogP contribution in [-0.4, -0.2) is 4.98 Å². The van der Waals surface area contributed by atoms with Gasteiger partial charge in [0.1, 0.15) is 11.6 Å². The van der Waals surface area contributed by atoms with E-state index in [9.17, 15) is 9.18 Å². The SMILES string of the molecule is Cc1cc(F)cc(C)c1Oc1c(Br)cc[nH]c1=O. The number of ether oxygens (including phenoxy) is 1. The van der Waals surface area contributed by atoms with Crippen molar-refractivity contribution in [2.24, 2.45) is 0 Å². The number of pyridine rings is 1. The Kier molecular flexibility index (Phi) is 3.52. The van der Waals surface area contributed by atoms with Crippen molar-refractivity contribution in [3.63, 3.8) is 0 Å². The first-order valence-electron chi connectivity index (χ1n) is 5.31. The zero-order valence-corrected chi connectivity index (χ0v) is 11.5. The van der Waals surface area contributed by atoms with Crippen molar-refractivity contribution in [2.45, 2.75) is 13.8 Å². The highest BCUT2D eigenvalue weighted by Gasteiger charge is 2.12. The summed E-state index contributed by atoms with van der Waals surface area (Å²) in [6.45, 7) is 3.47. The fourth-order valence-corrected chi connectivity index (χ4v) is 2.09. The van der Waals surface area contributed by atoms with Crippen molar-refractivity contribution in [3.8, 4) is 11.5 Å². The van der Waals surface area contributed by atoms with Crippen molar-refractivity contribution in [1.82, 2.24) is 4.98 Å². The maximum Gasteiger partial charge on any atom is 0.292 e. The third-order valence-electron chi connectivity index (χ3n) is 2.50. The van der Waals surface area contributed by atoms with Gasteiger partial charge < -0.3 is 9.72 Å². The topological polar surface area (TPSA) is 42.1 Å². The van der Waals surface area contributed by atoms with Gasteiger partial charge in [0.2, 0.25) is 5.75 Å². The summed E-state index contributed by atoms with van der Waals surface area (Å²) in [6.07, 6.45) is 1.52. The maximum absolute atomic E-state index is 13.2. The summed E-state index contributed by atoms with van der Waals surface area (Å²) < 4.78 is 19.3. The molecule has 0 bridgehead atoms. The Morgan fingerprint density at radius 1 is 1.22 bits per heavy atom. The van der Waals surface area contributed by atoms with Crippen LogP contribution in [0.2, 0.25) is 0 Å². The van der Waals surface area contributed by atoms with Gasteiger partial charge in [-0.05, 0) is 59.1 Å². The summed E-state index contributed by atoms with van der Waals surface area (Å²) in [5.41, 5.74) is 0.942. The van der Waals surface area contributed by atoms with Crippen LogP contribution < -0.4 is 10.3 Å². The Labute approximate surface area is 112 Å². The molecule has 94 valence electrons. The van der Waals surface area contributed by atoms with Crippen LogP contribution in [0.15, 0.2) is 33.7 Å². The van der Waals surface area contributed by atoms with E-state index in [4.69, 9.17) is 4.74 Å². The van der Waals surface area contributed by atoms with Gasteiger partial charge in [0, 0.05) is 6.20 Å². The fourth-order valence-electron chi connectivity index (χ4n) is 1.70. The standard InChI is InChI=1S/C13H11BrFNO2/c1-7-5-9(15)6-8(2)11(7)18-12-10(14)3-4-16-13(12)17/h3-6H,1-2H3,(H,16,17). The molecule has 0 atom stereocenters. The number of aromatic nitrogens is 1. The molecular weight excluding hydrogens is 301 g/mol. The molecule has 0 saturated heterocycles. The average Bonchev–Trinajstić information content (AvgIpc) is 2.26. The van der Waals surface area contributed by atoms with E-state index in [1.165, 1.54) is 18.3 Å². The van der Waals surface area contributed by atoms with Crippen LogP contribution in [0.1, 0.15) is 11.1 Å². The minimum absolute atomic E-state index is 0.162. The monoisotopic (exact) mass is 311 g/mol. The maximum atomic E-state index is 13.2. The highest BCUT2D eigenvalue weighted by molar-refractivity contribution is 9.10. The molecule has 0 aliphatic rings. The molecule has 0 unspecified atom stereocenters. The Morgan fingerprint density at radius 3 is 2.39 bits per heavy atom. The van der Waals surface area contributed by atoms with Crippen LogP contribution in [0.5, 0.6) is 11.5 Å². The third kappa shape index (κ3) is 2.46. The van der Waals surface area contributed by atoms with Crippen molar-refractivity contribution in [2.75, 3.05) is 0 Å². The van der Waals surface area contributed by atoms with Gasteiger partial charge in [-0.15, -0.1) is 0 Å². The molecule has 1 heterocycles. The van der Waals surface area contributed by atoms with Gasteiger partial charge >= 0.3 is 0 Å². The number of benzene rings is 1. The quantitative estimate of drug-likeness (QED) is 0.919. The van der Waals surface area contributed by atoms with Gasteiger partial charge in [-0.2, -0.15) is 0 Å². The van der Waals surface area contributed by atoms with Crippen LogP contribution in [0, 0.1) is 19.7 Å². The first-order chi connectivity index (χ1) is 8.49. The fraction of sp³-hybridized carbons (Fsp3) is 0.154. The Bertz CT molecular complexity index is 629. The van der Waals surface area contributed by atoms with Gasteiger partial charge in [-0.1, -0.05) is 0 Å². The molecule has 18 heavy (non-hydrogen) atoms. The first-order valence-corrected chi connectivity index (χ1v) is 6.10. The highest BCUT2D eigenvalue weighted by Crippen LogP contribution is 2.31. The van der Waals surface area contributed by atoms with Crippen molar-refractivity contribution >= 4 is 15.9 Å². The van der Waals surface area contributed by atoms with Crippen LogP contribution in [-0.2, 0) is 0 Å². The van der Waals surface area contributed by atoms with E-state index in [-0.39, 0.29) is 17.1 Å². The van der Waals surface area contributed by atoms with Gasteiger partial charge in [-0.25, -0.2) is 4.39 Å². The van der Waals surface area contributed by atoms with Crippen molar-refractivity contribution in [1.29, 1.82) is 0 Å². The number of nitrogens with one attached hydrogen (secondary N) is 1. The number of hydrogen-bond acceptors (Lipinski definition) is 2. The van der Waals surface area contributed by atoms with E-state index in [0.29, 0.717) is 21.3 Å². The Morgan fingerprint density at radius 2 is 1.83 bits per heavy atom. The van der Waals surface area contributed by atoms with Crippen LogP contribution in [0.25, 0.3) is 0 Å². The van der Waals surface area contributed by atoms with Gasteiger partial charge in [0.05, 0.1) is 4.47 Å². The molecule has 2 rings (SSSR count). The number of rotatable bonds is 2.